The normalized spacial score (nSPS) is 33.6. The summed E-state index contributed by atoms with van der Waals surface area (Å²) in [7, 11) is 0. The quantitative estimate of drug-likeness (QED) is 0.906. The molecule has 4 aliphatic carbocycles. The van der Waals surface area contributed by atoms with Gasteiger partial charge in [-0.05, 0) is 68.4 Å². The highest BCUT2D eigenvalue weighted by Gasteiger charge is 2.54. The molecule has 0 radical (unpaired) electrons. The molecular weight excluding hydrogens is 300 g/mol. The number of rotatable bonds is 3. The zero-order valence-electron chi connectivity index (χ0n) is 13.7. The monoisotopic (exact) mass is 322 g/mol. The number of aromatic amines is 1. The molecule has 2 N–H and O–H groups in total. The van der Waals surface area contributed by atoms with Crippen LogP contribution in [0.4, 0.5) is 5.69 Å². The number of amides is 1. The van der Waals surface area contributed by atoms with Gasteiger partial charge in [0, 0.05) is 11.3 Å². The first-order chi connectivity index (χ1) is 11.7. The largest absolute Gasteiger partial charge is 0.326 e. The van der Waals surface area contributed by atoms with Crippen molar-refractivity contribution in [2.24, 2.45) is 23.2 Å². The molecule has 1 aromatic carbocycles. The van der Waals surface area contributed by atoms with E-state index in [-0.39, 0.29) is 11.3 Å². The van der Waals surface area contributed by atoms with Crippen LogP contribution in [-0.2, 0) is 4.79 Å². The van der Waals surface area contributed by atoms with Crippen molar-refractivity contribution in [3.8, 4) is 11.4 Å². The topological polar surface area (TPSA) is 70.7 Å². The summed E-state index contributed by atoms with van der Waals surface area (Å²) in [5.41, 5.74) is 1.68. The molecule has 5 nitrogen and oxygen atoms in total. The van der Waals surface area contributed by atoms with Crippen molar-refractivity contribution in [1.29, 1.82) is 0 Å². The average molecular weight is 322 g/mol. The smallest absolute Gasteiger partial charge is 0.230 e. The molecule has 1 heterocycles. The van der Waals surface area contributed by atoms with Gasteiger partial charge in [0.1, 0.15) is 6.33 Å². The predicted molar refractivity (Wildman–Crippen MR) is 91.1 cm³/mol. The molecule has 0 unspecified atom stereocenters. The lowest BCUT2D eigenvalue weighted by atomic mass is 9.49. The van der Waals surface area contributed by atoms with E-state index in [9.17, 15) is 4.79 Å². The van der Waals surface area contributed by atoms with Crippen LogP contribution in [0.3, 0.4) is 0 Å². The van der Waals surface area contributed by atoms with Gasteiger partial charge < -0.3 is 5.32 Å². The van der Waals surface area contributed by atoms with Crippen molar-refractivity contribution in [3.05, 3.63) is 30.6 Å². The van der Waals surface area contributed by atoms with Crippen LogP contribution in [0, 0.1) is 23.2 Å². The van der Waals surface area contributed by atoms with Gasteiger partial charge in [-0.2, -0.15) is 5.10 Å². The van der Waals surface area contributed by atoms with Crippen LogP contribution >= 0.6 is 0 Å². The van der Waals surface area contributed by atoms with Crippen molar-refractivity contribution in [2.45, 2.75) is 38.5 Å². The van der Waals surface area contributed by atoms with Gasteiger partial charge in [0.15, 0.2) is 5.82 Å². The summed E-state index contributed by atoms with van der Waals surface area (Å²) in [5.74, 6) is 3.30. The van der Waals surface area contributed by atoms with Crippen LogP contribution in [0.15, 0.2) is 30.6 Å². The zero-order valence-corrected chi connectivity index (χ0v) is 13.7. The third-order valence-electron chi connectivity index (χ3n) is 6.33. The van der Waals surface area contributed by atoms with Gasteiger partial charge in [0.25, 0.3) is 0 Å². The summed E-state index contributed by atoms with van der Waals surface area (Å²) in [6.45, 7) is 0. The van der Waals surface area contributed by atoms with Gasteiger partial charge in [-0.1, -0.05) is 12.1 Å². The van der Waals surface area contributed by atoms with Crippen LogP contribution in [0.2, 0.25) is 0 Å². The van der Waals surface area contributed by atoms with Crippen LogP contribution in [0.1, 0.15) is 38.5 Å². The van der Waals surface area contributed by atoms with E-state index in [4.69, 9.17) is 0 Å². The summed E-state index contributed by atoms with van der Waals surface area (Å²) in [6, 6.07) is 7.85. The van der Waals surface area contributed by atoms with Crippen LogP contribution < -0.4 is 5.32 Å². The lowest BCUT2D eigenvalue weighted by Gasteiger charge is -2.55. The highest BCUT2D eigenvalue weighted by atomic mass is 16.2. The number of H-pyrrole nitrogens is 1. The number of anilines is 1. The molecule has 1 aromatic heterocycles. The number of nitrogens with one attached hydrogen (secondary N) is 2. The minimum Gasteiger partial charge on any atom is -0.326 e. The summed E-state index contributed by atoms with van der Waals surface area (Å²) >= 11 is 0. The molecule has 6 rings (SSSR count). The van der Waals surface area contributed by atoms with Crippen molar-refractivity contribution >= 4 is 11.6 Å². The molecule has 4 aliphatic rings. The second-order valence-electron chi connectivity index (χ2n) is 8.07. The van der Waals surface area contributed by atoms with Gasteiger partial charge in [-0.15, -0.1) is 0 Å². The molecule has 124 valence electrons. The van der Waals surface area contributed by atoms with E-state index in [1.807, 2.05) is 24.3 Å². The first-order valence-corrected chi connectivity index (χ1v) is 8.97. The number of hydrogen-bond acceptors (Lipinski definition) is 3. The second kappa shape index (κ2) is 5.16. The second-order valence-corrected chi connectivity index (χ2v) is 8.07. The SMILES string of the molecule is O=C(Nc1cccc(-c2ncn[nH]2)c1)C12CC3CC(CC(C3)C1)C2. The molecule has 2 aromatic rings. The summed E-state index contributed by atoms with van der Waals surface area (Å²) in [5, 5.41) is 9.96. The number of hydrogen-bond donors (Lipinski definition) is 2. The molecule has 0 spiro atoms. The third kappa shape index (κ3) is 2.26. The Morgan fingerprint density at radius 2 is 1.83 bits per heavy atom. The Hall–Kier alpha value is -2.17. The van der Waals surface area contributed by atoms with E-state index in [2.05, 4.69) is 20.5 Å². The van der Waals surface area contributed by atoms with Crippen molar-refractivity contribution in [1.82, 2.24) is 15.2 Å². The molecule has 4 saturated carbocycles. The van der Waals surface area contributed by atoms with E-state index in [0.29, 0.717) is 0 Å². The summed E-state index contributed by atoms with van der Waals surface area (Å²) < 4.78 is 0. The zero-order chi connectivity index (χ0) is 16.1. The van der Waals surface area contributed by atoms with E-state index >= 15 is 0 Å². The third-order valence-corrected chi connectivity index (χ3v) is 6.33. The molecule has 24 heavy (non-hydrogen) atoms. The van der Waals surface area contributed by atoms with Crippen LogP contribution in [0.5, 0.6) is 0 Å². The Balaban J connectivity index is 1.38. The molecule has 5 heteroatoms. The van der Waals surface area contributed by atoms with E-state index in [0.717, 1.165) is 54.1 Å². The Morgan fingerprint density at radius 3 is 2.46 bits per heavy atom. The maximum absolute atomic E-state index is 13.1. The lowest BCUT2D eigenvalue weighted by Crippen LogP contribution is -2.51. The van der Waals surface area contributed by atoms with Crippen molar-refractivity contribution in [3.63, 3.8) is 0 Å². The van der Waals surface area contributed by atoms with Crippen molar-refractivity contribution < 1.29 is 4.79 Å². The standard InChI is InChI=1S/C19H22N4O/c24-18(19-8-12-4-13(9-19)6-14(5-12)10-19)22-16-3-1-2-15(7-16)17-20-11-21-23-17/h1-3,7,11-14H,4-6,8-10H2,(H,22,24)(H,20,21,23). The molecule has 0 aliphatic heterocycles. The van der Waals surface area contributed by atoms with Gasteiger partial charge in [-0.3, -0.25) is 9.89 Å². The number of nitrogens with zero attached hydrogens (tertiary/aromatic N) is 2. The average Bonchev–Trinajstić information content (AvgIpc) is 3.08. The van der Waals surface area contributed by atoms with Gasteiger partial charge in [-0.25, -0.2) is 4.98 Å². The number of carbonyl (C=O) groups is 1. The summed E-state index contributed by atoms with van der Waals surface area (Å²) in [4.78, 5) is 17.3. The molecule has 0 atom stereocenters. The molecule has 4 bridgehead atoms. The highest BCUT2D eigenvalue weighted by Crippen LogP contribution is 2.60. The number of carbonyl (C=O) groups excluding carboxylic acids is 1. The fourth-order valence-electron chi connectivity index (χ4n) is 5.74. The Kier molecular flexibility index (Phi) is 3.05. The molecule has 1 amide bonds. The van der Waals surface area contributed by atoms with E-state index in [1.54, 1.807) is 0 Å². The van der Waals surface area contributed by atoms with Crippen molar-refractivity contribution in [2.75, 3.05) is 5.32 Å². The fraction of sp³-hybridized carbons (Fsp3) is 0.526. The molecule has 0 saturated heterocycles. The molecule has 4 fully saturated rings. The van der Waals surface area contributed by atoms with Gasteiger partial charge in [0.05, 0.1) is 5.41 Å². The van der Waals surface area contributed by atoms with E-state index < -0.39 is 0 Å². The molecular formula is C19H22N4O. The predicted octanol–water partition coefficient (Wildman–Crippen LogP) is 3.63. The minimum absolute atomic E-state index is 0.114. The number of benzene rings is 1. The maximum Gasteiger partial charge on any atom is 0.230 e. The Bertz CT molecular complexity index is 732. The van der Waals surface area contributed by atoms with Crippen LogP contribution in [0.25, 0.3) is 11.4 Å². The van der Waals surface area contributed by atoms with Gasteiger partial charge in [0.2, 0.25) is 5.91 Å². The summed E-state index contributed by atoms with van der Waals surface area (Å²) in [6.07, 6.45) is 8.83. The minimum atomic E-state index is -0.114. The first-order valence-electron chi connectivity index (χ1n) is 8.97. The van der Waals surface area contributed by atoms with Crippen LogP contribution in [-0.4, -0.2) is 21.1 Å². The lowest BCUT2D eigenvalue weighted by molar-refractivity contribution is -0.140. The highest BCUT2D eigenvalue weighted by molar-refractivity contribution is 5.96. The van der Waals surface area contributed by atoms with E-state index in [1.165, 1.54) is 25.6 Å². The van der Waals surface area contributed by atoms with Gasteiger partial charge >= 0.3 is 0 Å². The Morgan fingerprint density at radius 1 is 1.12 bits per heavy atom. The fourth-order valence-corrected chi connectivity index (χ4v) is 5.74. The first kappa shape index (κ1) is 14.2. The maximum atomic E-state index is 13.1. The Labute approximate surface area is 141 Å². The number of aromatic nitrogens is 3.